The molecule has 0 unspecified atom stereocenters. The summed E-state index contributed by atoms with van der Waals surface area (Å²) in [4.78, 5) is 25.3. The van der Waals surface area contributed by atoms with Gasteiger partial charge < -0.3 is 14.3 Å². The van der Waals surface area contributed by atoms with Crippen LogP contribution in [0.4, 0.5) is 0 Å². The van der Waals surface area contributed by atoms with Crippen LogP contribution < -0.4 is 0 Å². The Kier molecular flexibility index (Phi) is 1.89. The van der Waals surface area contributed by atoms with Crippen LogP contribution in [0.3, 0.4) is 0 Å². The van der Waals surface area contributed by atoms with E-state index in [-0.39, 0.29) is 19.0 Å². The molecule has 0 aromatic rings. The van der Waals surface area contributed by atoms with Gasteiger partial charge in [-0.2, -0.15) is 0 Å². The fourth-order valence-corrected chi connectivity index (χ4v) is 1.52. The molecule has 0 spiro atoms. The summed E-state index contributed by atoms with van der Waals surface area (Å²) < 4.78 is 10.00. The second-order valence-electron chi connectivity index (χ2n) is 2.86. The third kappa shape index (κ3) is 1.36. The number of ketones is 1. The zero-order chi connectivity index (χ0) is 9.42. The maximum atomic E-state index is 11.0. The number of hydrogen-bond acceptors (Lipinski definition) is 6. The molecule has 2 heterocycles. The average Bonchev–Trinajstić information content (AvgIpc) is 2.56. The molecule has 2 saturated heterocycles. The molecule has 7 nitrogen and oxygen atoms in total. The zero-order valence-electron chi connectivity index (χ0n) is 6.54. The van der Waals surface area contributed by atoms with Gasteiger partial charge in [-0.05, 0) is 0 Å². The van der Waals surface area contributed by atoms with E-state index in [0.29, 0.717) is 0 Å². The van der Waals surface area contributed by atoms with Gasteiger partial charge in [0.2, 0.25) is 0 Å². The Morgan fingerprint density at radius 3 is 3.00 bits per heavy atom. The van der Waals surface area contributed by atoms with Crippen molar-refractivity contribution in [1.82, 2.24) is 0 Å². The minimum atomic E-state index is -0.900. The molecule has 13 heavy (non-hydrogen) atoms. The third-order valence-corrected chi connectivity index (χ3v) is 2.06. The number of ether oxygens (including phenoxy) is 2. The summed E-state index contributed by atoms with van der Waals surface area (Å²) >= 11 is 0. The first-order valence-electron chi connectivity index (χ1n) is 3.75. The standard InChI is InChI=1S/C6H7NO6/c8-3-1-11-6-4(13-7(9)10)2-12-5(3)6/h4-6H,1-2H2/t4-,5+,6+/m0/s1. The highest BCUT2D eigenvalue weighted by Crippen LogP contribution is 2.26. The topological polar surface area (TPSA) is 87.9 Å². The van der Waals surface area contributed by atoms with Crippen LogP contribution >= 0.6 is 0 Å². The molecule has 7 heteroatoms. The number of hydrogen-bond donors (Lipinski definition) is 0. The largest absolute Gasteiger partial charge is 0.365 e. The van der Waals surface area contributed by atoms with Crippen molar-refractivity contribution < 1.29 is 24.2 Å². The second kappa shape index (κ2) is 2.93. The van der Waals surface area contributed by atoms with E-state index in [1.807, 2.05) is 0 Å². The van der Waals surface area contributed by atoms with Gasteiger partial charge in [0.1, 0.15) is 18.8 Å². The summed E-state index contributed by atoms with van der Waals surface area (Å²) in [6.07, 6.45) is -2.06. The highest BCUT2D eigenvalue weighted by atomic mass is 17.0. The molecule has 0 N–H and O–H groups in total. The summed E-state index contributed by atoms with van der Waals surface area (Å²) in [6, 6.07) is 0. The number of nitrogens with zero attached hydrogens (tertiary/aromatic N) is 1. The molecular weight excluding hydrogens is 182 g/mol. The molecule has 72 valence electrons. The van der Waals surface area contributed by atoms with Crippen molar-refractivity contribution in [2.75, 3.05) is 13.2 Å². The van der Waals surface area contributed by atoms with Crippen LogP contribution in [0.25, 0.3) is 0 Å². The van der Waals surface area contributed by atoms with Gasteiger partial charge in [0.05, 0.1) is 6.61 Å². The molecule has 0 radical (unpaired) electrons. The van der Waals surface area contributed by atoms with Crippen LogP contribution in [0.1, 0.15) is 0 Å². The van der Waals surface area contributed by atoms with Crippen LogP contribution in [0.2, 0.25) is 0 Å². The summed E-state index contributed by atoms with van der Waals surface area (Å²) in [5.74, 6) is -0.181. The van der Waals surface area contributed by atoms with E-state index < -0.39 is 23.4 Å². The Balaban J connectivity index is 2.02. The first-order valence-corrected chi connectivity index (χ1v) is 3.75. The Hall–Kier alpha value is -1.21. The number of carbonyl (C=O) groups is 1. The lowest BCUT2D eigenvalue weighted by Crippen LogP contribution is -2.32. The van der Waals surface area contributed by atoms with Gasteiger partial charge >= 0.3 is 0 Å². The molecule has 0 aromatic carbocycles. The summed E-state index contributed by atoms with van der Waals surface area (Å²) in [6.45, 7) is -0.0189. The molecular formula is C6H7NO6. The number of Topliss-reactive ketones (excluding diaryl/α,β-unsaturated/α-hetero) is 1. The average molecular weight is 189 g/mol. The quantitative estimate of drug-likeness (QED) is 0.406. The predicted molar refractivity (Wildman–Crippen MR) is 36.4 cm³/mol. The number of carbonyl (C=O) groups excluding carboxylic acids is 1. The molecule has 2 aliphatic rings. The van der Waals surface area contributed by atoms with Crippen LogP contribution in [0.5, 0.6) is 0 Å². The van der Waals surface area contributed by atoms with Crippen molar-refractivity contribution >= 4 is 5.78 Å². The van der Waals surface area contributed by atoms with E-state index in [4.69, 9.17) is 9.47 Å². The van der Waals surface area contributed by atoms with Crippen LogP contribution in [-0.2, 0) is 19.1 Å². The highest BCUT2D eigenvalue weighted by Gasteiger charge is 2.48. The van der Waals surface area contributed by atoms with Crippen molar-refractivity contribution in [3.8, 4) is 0 Å². The predicted octanol–water partition coefficient (Wildman–Crippen LogP) is -1.07. The first kappa shape index (κ1) is 8.39. The van der Waals surface area contributed by atoms with Gasteiger partial charge in [0, 0.05) is 0 Å². The third-order valence-electron chi connectivity index (χ3n) is 2.06. The highest BCUT2D eigenvalue weighted by molar-refractivity contribution is 5.87. The van der Waals surface area contributed by atoms with E-state index in [1.165, 1.54) is 0 Å². The molecule has 0 bridgehead atoms. The lowest BCUT2D eigenvalue weighted by atomic mass is 10.1. The minimum Gasteiger partial charge on any atom is -0.365 e. The summed E-state index contributed by atoms with van der Waals surface area (Å²) in [5, 5.41) is 9.11. The van der Waals surface area contributed by atoms with Crippen LogP contribution in [0, 0.1) is 10.1 Å². The lowest BCUT2D eigenvalue weighted by Gasteiger charge is -2.11. The van der Waals surface area contributed by atoms with Crippen LogP contribution in [0.15, 0.2) is 0 Å². The molecule has 0 aromatic heterocycles. The van der Waals surface area contributed by atoms with E-state index in [2.05, 4.69) is 4.84 Å². The minimum absolute atomic E-state index is 0.0298. The van der Waals surface area contributed by atoms with Gasteiger partial charge in [-0.3, -0.25) is 4.79 Å². The molecule has 0 aliphatic carbocycles. The van der Waals surface area contributed by atoms with Gasteiger partial charge in [0.25, 0.3) is 5.09 Å². The summed E-state index contributed by atoms with van der Waals surface area (Å²) in [7, 11) is 0. The van der Waals surface area contributed by atoms with E-state index in [9.17, 15) is 14.9 Å². The Morgan fingerprint density at radius 1 is 1.54 bits per heavy atom. The maximum absolute atomic E-state index is 11.0. The van der Waals surface area contributed by atoms with E-state index in [0.717, 1.165) is 0 Å². The van der Waals surface area contributed by atoms with Crippen molar-refractivity contribution in [2.24, 2.45) is 0 Å². The van der Waals surface area contributed by atoms with Crippen molar-refractivity contribution in [3.05, 3.63) is 10.1 Å². The lowest BCUT2D eigenvalue weighted by molar-refractivity contribution is -0.769. The second-order valence-corrected chi connectivity index (χ2v) is 2.86. The first-order chi connectivity index (χ1) is 6.18. The molecule has 3 atom stereocenters. The van der Waals surface area contributed by atoms with Gasteiger partial charge in [0.15, 0.2) is 11.9 Å². The molecule has 0 amide bonds. The fourth-order valence-electron chi connectivity index (χ4n) is 1.52. The van der Waals surface area contributed by atoms with Crippen molar-refractivity contribution in [2.45, 2.75) is 18.3 Å². The normalized spacial score (nSPS) is 37.5. The van der Waals surface area contributed by atoms with Gasteiger partial charge in [-0.15, -0.1) is 10.1 Å². The molecule has 2 aliphatic heterocycles. The monoisotopic (exact) mass is 189 g/mol. The smallest absolute Gasteiger partial charge is 0.294 e. The SMILES string of the molecule is O=C1CO[C@@H]2[C@@H](O[N+](=O)[O-])CO[C@H]12. The van der Waals surface area contributed by atoms with Gasteiger partial charge in [-0.25, -0.2) is 0 Å². The Bertz CT molecular complexity index is 254. The Labute approximate surface area is 72.7 Å². The fraction of sp³-hybridized carbons (Fsp3) is 0.833. The van der Waals surface area contributed by atoms with Crippen LogP contribution in [-0.4, -0.2) is 42.4 Å². The number of rotatable bonds is 2. The van der Waals surface area contributed by atoms with Crippen molar-refractivity contribution in [3.63, 3.8) is 0 Å². The molecule has 2 rings (SSSR count). The molecule has 2 fully saturated rings. The van der Waals surface area contributed by atoms with E-state index >= 15 is 0 Å². The molecule has 0 saturated carbocycles. The van der Waals surface area contributed by atoms with Crippen molar-refractivity contribution in [1.29, 1.82) is 0 Å². The Morgan fingerprint density at radius 2 is 2.31 bits per heavy atom. The zero-order valence-corrected chi connectivity index (χ0v) is 6.54. The maximum Gasteiger partial charge on any atom is 0.294 e. The van der Waals surface area contributed by atoms with E-state index in [1.54, 1.807) is 0 Å². The van der Waals surface area contributed by atoms with Gasteiger partial charge in [-0.1, -0.05) is 0 Å². The summed E-state index contributed by atoms with van der Waals surface area (Å²) in [5.41, 5.74) is 0. The number of fused-ring (bicyclic) bond motifs is 1.